The van der Waals surface area contributed by atoms with Crippen molar-refractivity contribution in [2.24, 2.45) is 13.0 Å². The molecule has 0 fully saturated rings. The first-order chi connectivity index (χ1) is 7.60. The van der Waals surface area contributed by atoms with Crippen LogP contribution >= 0.6 is 11.8 Å². The number of aryl methyl sites for hydroxylation is 2. The molecule has 1 heterocycles. The van der Waals surface area contributed by atoms with E-state index < -0.39 is 0 Å². The standard InChI is InChI=1S/C11H21N3OS/c1-8(6-15)7-16-11-10(5-12-3)9(2)13-14(11)4/h8,12,15H,5-7H2,1-4H3. The molecule has 5 heteroatoms. The van der Waals surface area contributed by atoms with Crippen LogP contribution in [0.1, 0.15) is 18.2 Å². The quantitative estimate of drug-likeness (QED) is 0.736. The Morgan fingerprint density at radius 3 is 2.81 bits per heavy atom. The third-order valence-corrected chi connectivity index (χ3v) is 3.98. The molecule has 0 aliphatic heterocycles. The highest BCUT2D eigenvalue weighted by atomic mass is 32.2. The minimum atomic E-state index is 0.241. The third-order valence-electron chi connectivity index (χ3n) is 2.46. The molecule has 0 saturated carbocycles. The highest BCUT2D eigenvalue weighted by Crippen LogP contribution is 2.26. The lowest BCUT2D eigenvalue weighted by atomic mass is 10.2. The van der Waals surface area contributed by atoms with Gasteiger partial charge in [0.15, 0.2) is 0 Å². The molecule has 1 aromatic heterocycles. The van der Waals surface area contributed by atoms with Crippen LogP contribution in [0.3, 0.4) is 0 Å². The van der Waals surface area contributed by atoms with Crippen molar-refractivity contribution in [3.8, 4) is 0 Å². The van der Waals surface area contributed by atoms with Crippen LogP contribution in [0.25, 0.3) is 0 Å². The fourth-order valence-electron chi connectivity index (χ4n) is 1.52. The highest BCUT2D eigenvalue weighted by molar-refractivity contribution is 7.99. The molecule has 0 bridgehead atoms. The Kier molecular flexibility index (Phi) is 5.31. The summed E-state index contributed by atoms with van der Waals surface area (Å²) in [5.74, 6) is 1.24. The molecule has 16 heavy (non-hydrogen) atoms. The molecular weight excluding hydrogens is 222 g/mol. The van der Waals surface area contributed by atoms with Crippen LogP contribution in [-0.2, 0) is 13.6 Å². The fourth-order valence-corrected chi connectivity index (χ4v) is 2.69. The largest absolute Gasteiger partial charge is 0.396 e. The van der Waals surface area contributed by atoms with Crippen molar-refractivity contribution in [3.63, 3.8) is 0 Å². The van der Waals surface area contributed by atoms with Gasteiger partial charge in [-0.3, -0.25) is 4.68 Å². The molecule has 0 amide bonds. The van der Waals surface area contributed by atoms with Gasteiger partial charge in [0.2, 0.25) is 0 Å². The van der Waals surface area contributed by atoms with Crippen LogP contribution in [0.4, 0.5) is 0 Å². The number of hydrogen-bond donors (Lipinski definition) is 2. The summed E-state index contributed by atoms with van der Waals surface area (Å²) in [6.07, 6.45) is 0. The maximum atomic E-state index is 9.01. The predicted octanol–water partition coefficient (Wildman–Crippen LogP) is 1.17. The normalized spacial score (nSPS) is 13.1. The van der Waals surface area contributed by atoms with E-state index in [0.717, 1.165) is 18.0 Å². The Morgan fingerprint density at radius 2 is 2.25 bits per heavy atom. The van der Waals surface area contributed by atoms with Crippen molar-refractivity contribution in [3.05, 3.63) is 11.3 Å². The van der Waals surface area contributed by atoms with Crippen molar-refractivity contribution in [2.45, 2.75) is 25.4 Å². The van der Waals surface area contributed by atoms with Gasteiger partial charge in [-0.2, -0.15) is 5.10 Å². The third kappa shape index (κ3) is 3.23. The minimum absolute atomic E-state index is 0.241. The van der Waals surface area contributed by atoms with Crippen LogP contribution in [0.2, 0.25) is 0 Å². The zero-order valence-electron chi connectivity index (χ0n) is 10.4. The number of aromatic nitrogens is 2. The van der Waals surface area contributed by atoms with Crippen LogP contribution in [0, 0.1) is 12.8 Å². The van der Waals surface area contributed by atoms with E-state index in [1.165, 1.54) is 10.6 Å². The summed E-state index contributed by atoms with van der Waals surface area (Å²) < 4.78 is 1.93. The van der Waals surface area contributed by atoms with Crippen molar-refractivity contribution >= 4 is 11.8 Å². The van der Waals surface area contributed by atoms with E-state index in [2.05, 4.69) is 10.4 Å². The summed E-state index contributed by atoms with van der Waals surface area (Å²) in [4.78, 5) is 0. The Hall–Kier alpha value is -0.520. The van der Waals surface area contributed by atoms with Crippen LogP contribution in [0.15, 0.2) is 5.03 Å². The molecular formula is C11H21N3OS. The zero-order chi connectivity index (χ0) is 12.1. The lowest BCUT2D eigenvalue weighted by Gasteiger charge is -2.09. The molecule has 0 radical (unpaired) electrons. The second-order valence-corrected chi connectivity index (χ2v) is 5.13. The number of aliphatic hydroxyl groups excluding tert-OH is 1. The van der Waals surface area contributed by atoms with Gasteiger partial charge in [-0.25, -0.2) is 0 Å². The number of aliphatic hydroxyl groups is 1. The molecule has 0 saturated heterocycles. The van der Waals surface area contributed by atoms with Gasteiger partial charge in [0.05, 0.1) is 10.7 Å². The summed E-state index contributed by atoms with van der Waals surface area (Å²) in [6, 6.07) is 0. The van der Waals surface area contributed by atoms with Gasteiger partial charge in [-0.1, -0.05) is 6.92 Å². The van der Waals surface area contributed by atoms with Gasteiger partial charge in [-0.05, 0) is 19.9 Å². The molecule has 92 valence electrons. The van der Waals surface area contributed by atoms with Gasteiger partial charge in [0.1, 0.15) is 0 Å². The Labute approximate surface area is 101 Å². The van der Waals surface area contributed by atoms with E-state index in [9.17, 15) is 0 Å². The van der Waals surface area contributed by atoms with Gasteiger partial charge in [0, 0.05) is 31.5 Å². The first-order valence-corrected chi connectivity index (χ1v) is 6.49. The van der Waals surface area contributed by atoms with Crippen LogP contribution in [0.5, 0.6) is 0 Å². The molecule has 1 rings (SSSR count). The number of hydrogen-bond acceptors (Lipinski definition) is 4. The predicted molar refractivity (Wildman–Crippen MR) is 67.7 cm³/mol. The van der Waals surface area contributed by atoms with Crippen molar-refractivity contribution in [1.82, 2.24) is 15.1 Å². The molecule has 1 aromatic rings. The van der Waals surface area contributed by atoms with Gasteiger partial charge in [-0.15, -0.1) is 11.8 Å². The van der Waals surface area contributed by atoms with Crippen LogP contribution in [-0.4, -0.2) is 34.3 Å². The van der Waals surface area contributed by atoms with E-state index in [1.807, 2.05) is 32.6 Å². The van der Waals surface area contributed by atoms with Crippen LogP contribution < -0.4 is 5.32 Å². The Balaban J connectivity index is 2.77. The van der Waals surface area contributed by atoms with E-state index in [-0.39, 0.29) is 6.61 Å². The van der Waals surface area contributed by atoms with Gasteiger partial charge < -0.3 is 10.4 Å². The topological polar surface area (TPSA) is 50.1 Å². The minimum Gasteiger partial charge on any atom is -0.396 e. The average Bonchev–Trinajstić information content (AvgIpc) is 2.52. The molecule has 0 aliphatic rings. The number of nitrogens with one attached hydrogen (secondary N) is 1. The summed E-state index contributed by atoms with van der Waals surface area (Å²) in [5.41, 5.74) is 2.34. The van der Waals surface area contributed by atoms with Crippen molar-refractivity contribution < 1.29 is 5.11 Å². The highest BCUT2D eigenvalue weighted by Gasteiger charge is 2.13. The van der Waals surface area contributed by atoms with E-state index in [0.29, 0.717) is 5.92 Å². The molecule has 1 unspecified atom stereocenters. The fraction of sp³-hybridized carbons (Fsp3) is 0.727. The Morgan fingerprint density at radius 1 is 1.56 bits per heavy atom. The molecule has 2 N–H and O–H groups in total. The summed E-state index contributed by atoms with van der Waals surface area (Å²) in [5, 5.41) is 17.8. The smallest absolute Gasteiger partial charge is 0.0984 e. The molecule has 0 aromatic carbocycles. The monoisotopic (exact) mass is 243 g/mol. The second-order valence-electron chi connectivity index (χ2n) is 4.12. The van der Waals surface area contributed by atoms with E-state index in [4.69, 9.17) is 5.11 Å². The molecule has 4 nitrogen and oxygen atoms in total. The SMILES string of the molecule is CNCc1c(C)nn(C)c1SCC(C)CO. The van der Waals surface area contributed by atoms with Crippen molar-refractivity contribution in [2.75, 3.05) is 19.4 Å². The summed E-state index contributed by atoms with van der Waals surface area (Å²) in [6.45, 7) is 5.17. The maximum Gasteiger partial charge on any atom is 0.0984 e. The second kappa shape index (κ2) is 6.27. The lowest BCUT2D eigenvalue weighted by molar-refractivity contribution is 0.250. The van der Waals surface area contributed by atoms with E-state index >= 15 is 0 Å². The first kappa shape index (κ1) is 13.5. The average molecular weight is 243 g/mol. The Bertz CT molecular complexity index is 338. The summed E-state index contributed by atoms with van der Waals surface area (Å²) in [7, 11) is 3.91. The number of rotatable bonds is 6. The number of thioether (sulfide) groups is 1. The molecule has 1 atom stereocenters. The molecule has 0 spiro atoms. The molecule has 0 aliphatic carbocycles. The van der Waals surface area contributed by atoms with Gasteiger partial charge in [0.25, 0.3) is 0 Å². The zero-order valence-corrected chi connectivity index (χ0v) is 11.3. The van der Waals surface area contributed by atoms with E-state index in [1.54, 1.807) is 11.8 Å². The van der Waals surface area contributed by atoms with Gasteiger partial charge >= 0.3 is 0 Å². The summed E-state index contributed by atoms with van der Waals surface area (Å²) >= 11 is 1.77. The maximum absolute atomic E-state index is 9.01. The lowest BCUT2D eigenvalue weighted by Crippen LogP contribution is -2.08. The number of nitrogens with zero attached hydrogens (tertiary/aromatic N) is 2. The van der Waals surface area contributed by atoms with Crippen molar-refractivity contribution in [1.29, 1.82) is 0 Å². The first-order valence-electron chi connectivity index (χ1n) is 5.50.